The molecule has 0 radical (unpaired) electrons. The third kappa shape index (κ3) is 4.75. The summed E-state index contributed by atoms with van der Waals surface area (Å²) in [6, 6.07) is 11.7. The maximum Gasteiger partial charge on any atom is 0.292 e. The molecule has 0 spiro atoms. The minimum atomic E-state index is -0.532. The van der Waals surface area contributed by atoms with Gasteiger partial charge in [-0.3, -0.25) is 14.9 Å². The first-order valence-electron chi connectivity index (χ1n) is 8.76. The van der Waals surface area contributed by atoms with Crippen LogP contribution in [0.15, 0.2) is 47.6 Å². The molecule has 2 aromatic carbocycles. The van der Waals surface area contributed by atoms with Crippen LogP contribution in [0.5, 0.6) is 0 Å². The van der Waals surface area contributed by atoms with E-state index in [4.69, 9.17) is 11.6 Å². The number of carbonyl (C=O) groups excluding carboxylic acids is 1. The molecule has 0 bridgehead atoms. The molecule has 0 aliphatic heterocycles. The van der Waals surface area contributed by atoms with Crippen LogP contribution in [-0.4, -0.2) is 31.3 Å². The van der Waals surface area contributed by atoms with Gasteiger partial charge in [-0.2, -0.15) is 0 Å². The van der Waals surface area contributed by atoms with E-state index in [-0.39, 0.29) is 23.0 Å². The molecule has 0 saturated heterocycles. The number of rotatable bonds is 7. The lowest BCUT2D eigenvalue weighted by atomic mass is 10.1. The largest absolute Gasteiger partial charge is 0.320 e. The molecule has 29 heavy (non-hydrogen) atoms. The number of amides is 1. The molecule has 0 aliphatic rings. The third-order valence-corrected chi connectivity index (χ3v) is 5.54. The van der Waals surface area contributed by atoms with Crippen molar-refractivity contribution in [2.45, 2.75) is 25.5 Å². The molecule has 3 rings (SSSR count). The van der Waals surface area contributed by atoms with Crippen molar-refractivity contribution in [3.63, 3.8) is 0 Å². The lowest BCUT2D eigenvalue weighted by molar-refractivity contribution is -0.383. The third-order valence-electron chi connectivity index (χ3n) is 4.17. The van der Waals surface area contributed by atoms with Crippen LogP contribution in [0, 0.1) is 17.0 Å². The Morgan fingerprint density at radius 3 is 2.72 bits per heavy atom. The van der Waals surface area contributed by atoms with Crippen LogP contribution >= 0.6 is 23.4 Å². The van der Waals surface area contributed by atoms with Gasteiger partial charge in [0.15, 0.2) is 11.0 Å². The van der Waals surface area contributed by atoms with E-state index >= 15 is 0 Å². The number of nitrogens with one attached hydrogen (secondary N) is 1. The zero-order valence-electron chi connectivity index (χ0n) is 15.8. The van der Waals surface area contributed by atoms with E-state index in [1.165, 1.54) is 23.9 Å². The predicted molar refractivity (Wildman–Crippen MR) is 113 cm³/mol. The van der Waals surface area contributed by atoms with E-state index in [0.717, 1.165) is 11.1 Å². The van der Waals surface area contributed by atoms with Gasteiger partial charge in [-0.15, -0.1) is 10.2 Å². The van der Waals surface area contributed by atoms with Crippen molar-refractivity contribution in [3.05, 3.63) is 63.2 Å². The van der Waals surface area contributed by atoms with Gasteiger partial charge in [0.05, 0.1) is 10.7 Å². The van der Waals surface area contributed by atoms with E-state index in [2.05, 4.69) is 15.5 Å². The minimum Gasteiger partial charge on any atom is -0.320 e. The molecule has 8 nitrogen and oxygen atoms in total. The van der Waals surface area contributed by atoms with E-state index in [1.807, 2.05) is 36.6 Å². The zero-order valence-corrected chi connectivity index (χ0v) is 17.3. The summed E-state index contributed by atoms with van der Waals surface area (Å²) >= 11 is 7.43. The molecular weight excluding hydrogens is 414 g/mol. The highest BCUT2D eigenvalue weighted by molar-refractivity contribution is 7.99. The Hall–Kier alpha value is -2.91. The Morgan fingerprint density at radius 1 is 1.28 bits per heavy atom. The average molecular weight is 432 g/mol. The fraction of sp³-hybridized carbons (Fsp3) is 0.211. The molecule has 10 heteroatoms. The number of para-hydroxylation sites is 2. The number of nitrogens with zero attached hydrogens (tertiary/aromatic N) is 4. The molecule has 0 fully saturated rings. The van der Waals surface area contributed by atoms with Crippen LogP contribution in [0.4, 0.5) is 11.4 Å². The van der Waals surface area contributed by atoms with Crippen LogP contribution in [0.2, 0.25) is 5.02 Å². The molecule has 1 heterocycles. The first-order chi connectivity index (χ1) is 13.9. The molecule has 1 N–H and O–H groups in total. The minimum absolute atomic E-state index is 0.0405. The quantitative estimate of drug-likeness (QED) is 0.334. The van der Waals surface area contributed by atoms with Crippen LogP contribution < -0.4 is 5.32 Å². The lowest BCUT2D eigenvalue weighted by Crippen LogP contribution is -2.15. The second-order valence-corrected chi connectivity index (χ2v) is 7.48. The summed E-state index contributed by atoms with van der Waals surface area (Å²) in [6.45, 7) is 4.50. The highest BCUT2D eigenvalue weighted by atomic mass is 35.5. The molecular formula is C19H18ClN5O3S. The topological polar surface area (TPSA) is 103 Å². The highest BCUT2D eigenvalue weighted by Gasteiger charge is 2.18. The molecule has 0 unspecified atom stereocenters. The van der Waals surface area contributed by atoms with Crippen LogP contribution in [0.1, 0.15) is 12.5 Å². The number of anilines is 1. The number of benzene rings is 2. The highest BCUT2D eigenvalue weighted by Crippen LogP contribution is 2.28. The van der Waals surface area contributed by atoms with Crippen molar-refractivity contribution in [1.29, 1.82) is 0 Å². The van der Waals surface area contributed by atoms with Gasteiger partial charge >= 0.3 is 0 Å². The maximum atomic E-state index is 12.3. The Kier molecular flexibility index (Phi) is 6.50. The zero-order chi connectivity index (χ0) is 21.0. The molecule has 150 valence electrons. The monoisotopic (exact) mass is 431 g/mol. The number of hydrogen-bond acceptors (Lipinski definition) is 6. The Balaban J connectivity index is 1.73. The number of aryl methyl sites for hydroxylation is 1. The van der Waals surface area contributed by atoms with Crippen molar-refractivity contribution < 1.29 is 9.72 Å². The molecule has 0 aliphatic carbocycles. The molecule has 0 atom stereocenters. The number of nitro benzene ring substituents is 1. The fourth-order valence-corrected chi connectivity index (χ4v) is 3.66. The Bertz CT molecular complexity index is 1070. The van der Waals surface area contributed by atoms with Crippen molar-refractivity contribution in [1.82, 2.24) is 14.8 Å². The van der Waals surface area contributed by atoms with Gasteiger partial charge < -0.3 is 9.88 Å². The van der Waals surface area contributed by atoms with Gasteiger partial charge in [-0.05, 0) is 31.5 Å². The predicted octanol–water partition coefficient (Wildman–Crippen LogP) is 4.57. The molecule has 0 saturated carbocycles. The summed E-state index contributed by atoms with van der Waals surface area (Å²) in [6.07, 6.45) is 0. The van der Waals surface area contributed by atoms with Gasteiger partial charge in [-0.1, -0.05) is 47.6 Å². The summed E-state index contributed by atoms with van der Waals surface area (Å²) < 4.78 is 1.89. The van der Waals surface area contributed by atoms with Crippen LogP contribution in [0.3, 0.4) is 0 Å². The van der Waals surface area contributed by atoms with Crippen molar-refractivity contribution >= 4 is 40.6 Å². The summed E-state index contributed by atoms with van der Waals surface area (Å²) in [5.74, 6) is 0.338. The summed E-state index contributed by atoms with van der Waals surface area (Å²) in [7, 11) is 0. The number of halogens is 1. The van der Waals surface area contributed by atoms with Gasteiger partial charge in [0.25, 0.3) is 5.69 Å². The van der Waals surface area contributed by atoms with E-state index in [1.54, 1.807) is 12.1 Å². The van der Waals surface area contributed by atoms with Crippen molar-refractivity contribution in [3.8, 4) is 11.4 Å². The van der Waals surface area contributed by atoms with E-state index < -0.39 is 4.92 Å². The Morgan fingerprint density at radius 2 is 2.03 bits per heavy atom. The smallest absolute Gasteiger partial charge is 0.292 e. The van der Waals surface area contributed by atoms with Gasteiger partial charge in [-0.25, -0.2) is 0 Å². The number of hydrogen-bond donors (Lipinski definition) is 1. The van der Waals surface area contributed by atoms with E-state index in [0.29, 0.717) is 22.5 Å². The number of nitro groups is 1. The first-order valence-corrected chi connectivity index (χ1v) is 10.1. The van der Waals surface area contributed by atoms with Gasteiger partial charge in [0, 0.05) is 23.2 Å². The van der Waals surface area contributed by atoms with Crippen LogP contribution in [0.25, 0.3) is 11.4 Å². The maximum absolute atomic E-state index is 12.3. The Labute approximate surface area is 176 Å². The second-order valence-electron chi connectivity index (χ2n) is 6.13. The number of aromatic nitrogens is 3. The lowest BCUT2D eigenvalue weighted by Gasteiger charge is -2.09. The normalized spacial score (nSPS) is 10.7. The van der Waals surface area contributed by atoms with Gasteiger partial charge in [0.1, 0.15) is 5.69 Å². The summed E-state index contributed by atoms with van der Waals surface area (Å²) in [5, 5.41) is 23.3. The first kappa shape index (κ1) is 20.8. The SMILES string of the molecule is CCn1c(SCC(=O)Nc2ccccc2[N+](=O)[O-])nnc1-c1ccc(C)c(Cl)c1. The standard InChI is InChI=1S/C19H18ClN5O3S/c1-3-24-18(13-9-8-12(2)14(20)10-13)22-23-19(24)29-11-17(26)21-15-6-4-5-7-16(15)25(27)28/h4-10H,3,11H2,1-2H3,(H,21,26). The average Bonchev–Trinajstić information content (AvgIpc) is 3.11. The molecule has 1 aromatic heterocycles. The van der Waals surface area contributed by atoms with Gasteiger partial charge in [0.2, 0.25) is 5.91 Å². The summed E-state index contributed by atoms with van der Waals surface area (Å²) in [5.41, 5.74) is 1.82. The van der Waals surface area contributed by atoms with Crippen LogP contribution in [-0.2, 0) is 11.3 Å². The van der Waals surface area contributed by atoms with E-state index in [9.17, 15) is 14.9 Å². The second kappa shape index (κ2) is 9.06. The molecule has 1 amide bonds. The van der Waals surface area contributed by atoms with Crippen molar-refractivity contribution in [2.24, 2.45) is 0 Å². The van der Waals surface area contributed by atoms with Crippen molar-refractivity contribution in [2.75, 3.05) is 11.1 Å². The summed E-state index contributed by atoms with van der Waals surface area (Å²) in [4.78, 5) is 22.8. The fourth-order valence-electron chi connectivity index (χ4n) is 2.68. The number of thioether (sulfide) groups is 1. The molecule has 3 aromatic rings. The number of carbonyl (C=O) groups is 1.